The van der Waals surface area contributed by atoms with Crippen molar-refractivity contribution in [2.45, 2.75) is 32.3 Å². The van der Waals surface area contributed by atoms with Gasteiger partial charge in [0.15, 0.2) is 5.11 Å². The lowest BCUT2D eigenvalue weighted by Gasteiger charge is -2.34. The van der Waals surface area contributed by atoms with E-state index in [0.29, 0.717) is 6.10 Å². The van der Waals surface area contributed by atoms with Gasteiger partial charge in [-0.05, 0) is 38.4 Å². The number of ether oxygens (including phenoxy) is 2. The highest BCUT2D eigenvalue weighted by Gasteiger charge is 2.21. The third-order valence-corrected chi connectivity index (χ3v) is 3.27. The van der Waals surface area contributed by atoms with E-state index in [1.807, 2.05) is 6.92 Å². The summed E-state index contributed by atoms with van der Waals surface area (Å²) in [7, 11) is 1.72. The molecule has 100 valence electrons. The van der Waals surface area contributed by atoms with Crippen molar-refractivity contribution in [3.05, 3.63) is 0 Å². The summed E-state index contributed by atoms with van der Waals surface area (Å²) >= 11 is 5.38. The number of hydrogen-bond acceptors (Lipinski definition) is 3. The number of thiocarbonyl (C=S) groups is 1. The van der Waals surface area contributed by atoms with Crippen molar-refractivity contribution in [1.29, 1.82) is 0 Å². The lowest BCUT2D eigenvalue weighted by molar-refractivity contribution is 0.0234. The summed E-state index contributed by atoms with van der Waals surface area (Å²) in [5.41, 5.74) is 0. The van der Waals surface area contributed by atoms with Crippen molar-refractivity contribution in [3.8, 4) is 0 Å². The van der Waals surface area contributed by atoms with E-state index in [2.05, 4.69) is 10.2 Å². The summed E-state index contributed by atoms with van der Waals surface area (Å²) in [5, 5.41) is 4.12. The highest BCUT2D eigenvalue weighted by molar-refractivity contribution is 7.80. The SMILES string of the molecule is CCOC1CCCN(C(=S)NCCCOC)C1. The minimum absolute atomic E-state index is 0.340. The average molecular weight is 260 g/mol. The zero-order valence-corrected chi connectivity index (χ0v) is 11.7. The van der Waals surface area contributed by atoms with Crippen molar-refractivity contribution in [2.24, 2.45) is 0 Å². The van der Waals surface area contributed by atoms with Crippen LogP contribution in [0.5, 0.6) is 0 Å². The Kier molecular flexibility index (Phi) is 7.48. The zero-order valence-electron chi connectivity index (χ0n) is 10.9. The normalized spacial score (nSPS) is 20.4. The number of nitrogens with one attached hydrogen (secondary N) is 1. The summed E-state index contributed by atoms with van der Waals surface area (Å²) in [6.45, 7) is 6.44. The van der Waals surface area contributed by atoms with Gasteiger partial charge in [-0.2, -0.15) is 0 Å². The fourth-order valence-electron chi connectivity index (χ4n) is 2.02. The number of piperidine rings is 1. The molecule has 1 fully saturated rings. The standard InChI is InChI=1S/C12H24N2O2S/c1-3-16-11-6-4-8-14(10-11)12(17)13-7-5-9-15-2/h11H,3-10H2,1-2H3,(H,13,17). The van der Waals surface area contributed by atoms with Crippen molar-refractivity contribution < 1.29 is 9.47 Å². The van der Waals surface area contributed by atoms with E-state index in [1.165, 1.54) is 0 Å². The molecule has 1 atom stereocenters. The molecular formula is C12H24N2O2S. The van der Waals surface area contributed by atoms with Crippen LogP contribution in [0.25, 0.3) is 0 Å². The molecule has 1 saturated heterocycles. The Balaban J connectivity index is 2.21. The maximum absolute atomic E-state index is 5.66. The van der Waals surface area contributed by atoms with Crippen LogP contribution < -0.4 is 5.32 Å². The molecule has 0 amide bonds. The molecule has 0 saturated carbocycles. The van der Waals surface area contributed by atoms with Crippen LogP contribution in [-0.4, -0.2) is 56.1 Å². The largest absolute Gasteiger partial charge is 0.385 e. The van der Waals surface area contributed by atoms with Crippen molar-refractivity contribution in [2.75, 3.05) is 40.0 Å². The fraction of sp³-hybridized carbons (Fsp3) is 0.917. The molecule has 1 aliphatic heterocycles. The van der Waals surface area contributed by atoms with Gasteiger partial charge in [0.25, 0.3) is 0 Å². The Morgan fingerprint density at radius 1 is 1.53 bits per heavy atom. The van der Waals surface area contributed by atoms with Gasteiger partial charge in [0.2, 0.25) is 0 Å². The van der Waals surface area contributed by atoms with Gasteiger partial charge < -0.3 is 19.7 Å². The monoisotopic (exact) mass is 260 g/mol. The van der Waals surface area contributed by atoms with Crippen LogP contribution >= 0.6 is 12.2 Å². The van der Waals surface area contributed by atoms with Gasteiger partial charge in [-0.1, -0.05) is 0 Å². The number of nitrogens with zero attached hydrogens (tertiary/aromatic N) is 1. The summed E-state index contributed by atoms with van der Waals surface area (Å²) in [4.78, 5) is 2.21. The van der Waals surface area contributed by atoms with E-state index in [1.54, 1.807) is 7.11 Å². The number of likely N-dealkylation sites (tertiary alicyclic amines) is 1. The second-order valence-corrected chi connectivity index (χ2v) is 4.63. The molecule has 17 heavy (non-hydrogen) atoms. The van der Waals surface area contributed by atoms with Gasteiger partial charge in [0, 0.05) is 40.0 Å². The van der Waals surface area contributed by atoms with Gasteiger partial charge in [-0.3, -0.25) is 0 Å². The molecule has 0 radical (unpaired) electrons. The second kappa shape index (κ2) is 8.66. The number of hydrogen-bond donors (Lipinski definition) is 1. The molecular weight excluding hydrogens is 236 g/mol. The summed E-state index contributed by atoms with van der Waals surface area (Å²) in [6.07, 6.45) is 3.63. The topological polar surface area (TPSA) is 33.7 Å². The molecule has 1 N–H and O–H groups in total. The van der Waals surface area contributed by atoms with Crippen molar-refractivity contribution in [3.63, 3.8) is 0 Å². The Morgan fingerprint density at radius 3 is 3.06 bits per heavy atom. The highest BCUT2D eigenvalue weighted by Crippen LogP contribution is 2.13. The van der Waals surface area contributed by atoms with Gasteiger partial charge in [0.05, 0.1) is 6.10 Å². The molecule has 1 rings (SSSR count). The van der Waals surface area contributed by atoms with E-state index < -0.39 is 0 Å². The van der Waals surface area contributed by atoms with Crippen LogP contribution in [0, 0.1) is 0 Å². The molecule has 0 aromatic rings. The van der Waals surface area contributed by atoms with E-state index in [0.717, 1.165) is 57.2 Å². The minimum Gasteiger partial charge on any atom is -0.385 e. The van der Waals surface area contributed by atoms with Crippen LogP contribution in [-0.2, 0) is 9.47 Å². The summed E-state index contributed by atoms with van der Waals surface area (Å²) in [6, 6.07) is 0. The van der Waals surface area contributed by atoms with Gasteiger partial charge >= 0.3 is 0 Å². The minimum atomic E-state index is 0.340. The first-order chi connectivity index (χ1) is 8.27. The molecule has 4 nitrogen and oxygen atoms in total. The highest BCUT2D eigenvalue weighted by atomic mass is 32.1. The third-order valence-electron chi connectivity index (χ3n) is 2.87. The van der Waals surface area contributed by atoms with E-state index in [4.69, 9.17) is 21.7 Å². The van der Waals surface area contributed by atoms with Crippen LogP contribution in [0.1, 0.15) is 26.2 Å². The first-order valence-corrected chi connectivity index (χ1v) is 6.82. The molecule has 0 spiro atoms. The fourth-order valence-corrected chi connectivity index (χ4v) is 2.29. The smallest absolute Gasteiger partial charge is 0.169 e. The summed E-state index contributed by atoms with van der Waals surface area (Å²) in [5.74, 6) is 0. The molecule has 1 unspecified atom stereocenters. The molecule has 5 heteroatoms. The Hall–Kier alpha value is -0.390. The first kappa shape index (κ1) is 14.7. The Labute approximate surface area is 110 Å². The number of methoxy groups -OCH3 is 1. The lowest BCUT2D eigenvalue weighted by atomic mass is 10.1. The Morgan fingerprint density at radius 2 is 2.35 bits per heavy atom. The quantitative estimate of drug-likeness (QED) is 0.577. The number of rotatable bonds is 6. The van der Waals surface area contributed by atoms with Gasteiger partial charge in [-0.15, -0.1) is 0 Å². The van der Waals surface area contributed by atoms with E-state index in [9.17, 15) is 0 Å². The maximum Gasteiger partial charge on any atom is 0.169 e. The molecule has 0 aliphatic carbocycles. The molecule has 1 heterocycles. The lowest BCUT2D eigenvalue weighted by Crippen LogP contribution is -2.47. The first-order valence-electron chi connectivity index (χ1n) is 6.41. The van der Waals surface area contributed by atoms with Crippen LogP contribution in [0.4, 0.5) is 0 Å². The molecule has 1 aliphatic rings. The third kappa shape index (κ3) is 5.66. The van der Waals surface area contributed by atoms with E-state index >= 15 is 0 Å². The van der Waals surface area contributed by atoms with Crippen molar-refractivity contribution in [1.82, 2.24) is 10.2 Å². The van der Waals surface area contributed by atoms with Crippen LogP contribution in [0.15, 0.2) is 0 Å². The predicted octanol–water partition coefficient (Wildman–Crippen LogP) is 1.40. The predicted molar refractivity (Wildman–Crippen MR) is 73.3 cm³/mol. The van der Waals surface area contributed by atoms with Crippen LogP contribution in [0.3, 0.4) is 0 Å². The molecule has 0 bridgehead atoms. The molecule has 0 aromatic heterocycles. The summed E-state index contributed by atoms with van der Waals surface area (Å²) < 4.78 is 10.7. The Bertz CT molecular complexity index is 225. The van der Waals surface area contributed by atoms with Gasteiger partial charge in [0.1, 0.15) is 0 Å². The zero-order chi connectivity index (χ0) is 12.5. The average Bonchev–Trinajstić information content (AvgIpc) is 2.35. The van der Waals surface area contributed by atoms with E-state index in [-0.39, 0.29) is 0 Å². The van der Waals surface area contributed by atoms with Crippen LogP contribution in [0.2, 0.25) is 0 Å². The second-order valence-electron chi connectivity index (χ2n) is 4.24. The molecule has 0 aromatic carbocycles. The van der Waals surface area contributed by atoms with Crippen molar-refractivity contribution >= 4 is 17.3 Å². The maximum atomic E-state index is 5.66. The van der Waals surface area contributed by atoms with Gasteiger partial charge in [-0.25, -0.2) is 0 Å².